The van der Waals surface area contributed by atoms with Gasteiger partial charge in [0.2, 0.25) is 0 Å². The number of aromatic amines is 3. The lowest BCUT2D eigenvalue weighted by molar-refractivity contribution is 0.741. The fourth-order valence-corrected chi connectivity index (χ4v) is 6.60. The van der Waals surface area contributed by atoms with E-state index in [1.807, 2.05) is 91.6 Å². The molecule has 0 amide bonds. The number of pyridine rings is 3. The SMILES string of the molecule is BrBr.CN(C)c1ccc(-c2cnc3[nH]cc(Br)c3c2)cc1.CN(C)c1ccc(-c2cnc3[nH]ccc3c2)cc1.CN(C)c1ccc(-c2cnc3[nH]ccc3c2)cc1.C[SiH](C)C(C)(C)C.C[SiH](C)C(C)(C)C. The molecule has 0 aliphatic rings. The second-order valence-corrected chi connectivity index (χ2v) is 29.8. The number of anilines is 3. The normalized spacial score (nSPS) is 11.0. The van der Waals surface area contributed by atoms with Crippen molar-refractivity contribution in [1.29, 1.82) is 0 Å². The number of rotatable bonds is 6. The summed E-state index contributed by atoms with van der Waals surface area (Å²) in [6.07, 6.45) is 11.5. The third-order valence-electron chi connectivity index (χ3n) is 12.9. The fourth-order valence-electron chi connectivity index (χ4n) is 6.18. The number of hydrogen-bond acceptors (Lipinski definition) is 6. The van der Waals surface area contributed by atoms with Gasteiger partial charge in [0.15, 0.2) is 0 Å². The Kier molecular flexibility index (Phi) is 22.4. The maximum absolute atomic E-state index is 4.44. The summed E-state index contributed by atoms with van der Waals surface area (Å²) in [7, 11) is 11.5. The lowest BCUT2D eigenvalue weighted by Gasteiger charge is -2.21. The van der Waals surface area contributed by atoms with Gasteiger partial charge in [-0.2, -0.15) is 0 Å². The van der Waals surface area contributed by atoms with E-state index in [0.717, 1.165) is 54.3 Å². The van der Waals surface area contributed by atoms with E-state index >= 15 is 0 Å². The molecule has 0 unspecified atom stereocenters. The Morgan fingerprint density at radius 2 is 0.718 bits per heavy atom. The third-order valence-corrected chi connectivity index (χ3v) is 20.5. The minimum absolute atomic E-state index is 0.359. The lowest BCUT2D eigenvalue weighted by atomic mass is 10.1. The summed E-state index contributed by atoms with van der Waals surface area (Å²) in [5.41, 5.74) is 13.3. The van der Waals surface area contributed by atoms with E-state index < -0.39 is 0 Å². The van der Waals surface area contributed by atoms with Crippen LogP contribution in [0, 0.1) is 0 Å². The Labute approximate surface area is 451 Å². The van der Waals surface area contributed by atoms with Crippen LogP contribution in [-0.2, 0) is 0 Å². The molecular weight excluding hydrogens is 1110 g/mol. The number of aromatic nitrogens is 6. The second kappa shape index (κ2) is 27.2. The van der Waals surface area contributed by atoms with Crippen molar-refractivity contribution in [2.24, 2.45) is 0 Å². The van der Waals surface area contributed by atoms with Gasteiger partial charge in [0.1, 0.15) is 16.9 Å². The molecule has 3 aromatic carbocycles. The number of halogens is 3. The molecule has 0 saturated carbocycles. The van der Waals surface area contributed by atoms with E-state index in [1.54, 1.807) is 0 Å². The molecule has 0 fully saturated rings. The van der Waals surface area contributed by atoms with E-state index in [0.29, 0.717) is 10.1 Å². The summed E-state index contributed by atoms with van der Waals surface area (Å²) in [6.45, 7) is 23.5. The number of benzene rings is 3. The number of nitrogens with one attached hydrogen (secondary N) is 3. The highest BCUT2D eigenvalue weighted by Crippen LogP contribution is 2.30. The van der Waals surface area contributed by atoms with Gasteiger partial charge < -0.3 is 29.7 Å². The maximum Gasteiger partial charge on any atom is 0.138 e. The van der Waals surface area contributed by atoms with Crippen molar-refractivity contribution in [1.82, 2.24) is 29.9 Å². The first-order valence-electron chi connectivity index (χ1n) is 24.0. The van der Waals surface area contributed by atoms with Crippen LogP contribution in [-0.4, -0.2) is 89.8 Å². The van der Waals surface area contributed by atoms with Crippen molar-refractivity contribution in [3.63, 3.8) is 0 Å². The van der Waals surface area contributed by atoms with Gasteiger partial charge in [-0.3, -0.25) is 0 Å². The zero-order valence-corrected chi connectivity index (χ0v) is 51.8. The maximum atomic E-state index is 4.44. The molecule has 3 N–H and O–H groups in total. The lowest BCUT2D eigenvalue weighted by Crippen LogP contribution is -2.16. The van der Waals surface area contributed by atoms with Crippen LogP contribution in [0.25, 0.3) is 66.5 Å². The van der Waals surface area contributed by atoms with Gasteiger partial charge in [-0.1, -0.05) is 104 Å². The molecule has 9 rings (SSSR count). The standard InChI is InChI=1S/C15H14BrN3.2C15H15N3.2C6H16Si.Br2/c1-19(2)12-5-3-10(4-6-12)11-7-13-14(16)9-18-15(13)17-8-11;2*1-18(2)14-5-3-11(4-6-14)13-9-12-7-8-16-15(12)17-10-13;2*1-6(2,3)7(4)5;1-2/h3-9H,1-2H3,(H,17,18);2*3-10H,1-2H3,(H,16,17);2*7H,1-5H3;. The van der Waals surface area contributed by atoms with Gasteiger partial charge in [-0.05, 0) is 109 Å². The van der Waals surface area contributed by atoms with Crippen molar-refractivity contribution in [2.75, 3.05) is 57.0 Å². The minimum Gasteiger partial charge on any atom is -0.378 e. The molecule has 0 aliphatic carbocycles. The molecule has 0 spiro atoms. The zero-order chi connectivity index (χ0) is 52.6. The predicted molar refractivity (Wildman–Crippen MR) is 330 cm³/mol. The Morgan fingerprint density at radius 3 is 1.01 bits per heavy atom. The fraction of sp³-hybridized carbons (Fsp3) is 0.316. The topological polar surface area (TPSA) is 95.8 Å². The van der Waals surface area contributed by atoms with E-state index in [1.165, 1.54) is 33.8 Å². The molecule has 0 radical (unpaired) electrons. The first kappa shape index (κ1) is 58.6. The quantitative estimate of drug-likeness (QED) is 0.144. The summed E-state index contributed by atoms with van der Waals surface area (Å²) in [5.74, 6) is 0. The Morgan fingerprint density at radius 1 is 0.423 bits per heavy atom. The van der Waals surface area contributed by atoms with E-state index in [9.17, 15) is 0 Å². The van der Waals surface area contributed by atoms with Gasteiger partial charge >= 0.3 is 0 Å². The molecule has 0 bridgehead atoms. The van der Waals surface area contributed by atoms with Crippen molar-refractivity contribution >= 4 is 112 Å². The number of H-pyrrole nitrogens is 3. The Balaban J connectivity index is 0.000000201. The monoisotopic (exact) mass is 1180 g/mol. The van der Waals surface area contributed by atoms with Crippen molar-refractivity contribution in [3.05, 3.63) is 145 Å². The molecule has 9 aromatic rings. The highest BCUT2D eigenvalue weighted by Gasteiger charge is 2.16. The van der Waals surface area contributed by atoms with Crippen LogP contribution in [0.3, 0.4) is 0 Å². The summed E-state index contributed by atoms with van der Waals surface area (Å²) >= 11 is 9.03. The zero-order valence-electron chi connectivity index (χ0n) is 44.8. The highest BCUT2D eigenvalue weighted by molar-refractivity contribution is 9.93. The predicted octanol–water partition coefficient (Wildman–Crippen LogP) is 16.9. The van der Waals surface area contributed by atoms with Crippen LogP contribution >= 0.6 is 44.2 Å². The molecule has 6 heterocycles. The molecule has 0 atom stereocenters. The smallest absolute Gasteiger partial charge is 0.138 e. The summed E-state index contributed by atoms with van der Waals surface area (Å²) in [6, 6.07) is 36.0. The molecule has 14 heteroatoms. The van der Waals surface area contributed by atoms with Crippen molar-refractivity contribution < 1.29 is 0 Å². The van der Waals surface area contributed by atoms with Gasteiger partial charge in [0.05, 0.1) is 0 Å². The van der Waals surface area contributed by atoms with E-state index in [2.05, 4.69) is 248 Å². The minimum atomic E-state index is -0.359. The summed E-state index contributed by atoms with van der Waals surface area (Å²) < 4.78 is 1.04. The van der Waals surface area contributed by atoms with Crippen molar-refractivity contribution in [2.45, 2.75) is 77.8 Å². The first-order chi connectivity index (χ1) is 33.5. The van der Waals surface area contributed by atoms with Crippen LogP contribution in [0.1, 0.15) is 41.5 Å². The second-order valence-electron chi connectivity index (χ2n) is 20.9. The molecule has 0 saturated heterocycles. The van der Waals surface area contributed by atoms with Crippen LogP contribution < -0.4 is 14.7 Å². The van der Waals surface area contributed by atoms with Gasteiger partial charge in [0, 0.05) is 180 Å². The molecule has 0 aliphatic heterocycles. The Hall–Kier alpha value is -5.00. The van der Waals surface area contributed by atoms with E-state index in [4.69, 9.17) is 0 Å². The van der Waals surface area contributed by atoms with Gasteiger partial charge in [-0.25, -0.2) is 15.0 Å². The molecule has 378 valence electrons. The first-order valence-corrected chi connectivity index (χ1v) is 34.3. The average Bonchev–Trinajstić information content (AvgIpc) is 4.12. The molecule has 9 nitrogen and oxygen atoms in total. The van der Waals surface area contributed by atoms with Crippen LogP contribution in [0.15, 0.2) is 145 Å². The average molecular weight is 1180 g/mol. The van der Waals surface area contributed by atoms with Crippen LogP contribution in [0.4, 0.5) is 17.1 Å². The number of hydrogen-bond donors (Lipinski definition) is 3. The third kappa shape index (κ3) is 17.6. The summed E-state index contributed by atoms with van der Waals surface area (Å²) in [5, 5.41) is 4.67. The summed E-state index contributed by atoms with van der Waals surface area (Å²) in [4.78, 5) is 28.9. The highest BCUT2D eigenvalue weighted by atomic mass is 80.9. The van der Waals surface area contributed by atoms with Gasteiger partial charge in [-0.15, -0.1) is 0 Å². The molecular formula is C57H76Br3N9Si2. The van der Waals surface area contributed by atoms with E-state index in [-0.39, 0.29) is 17.6 Å². The number of fused-ring (bicyclic) bond motifs is 3. The molecule has 6 aromatic heterocycles. The van der Waals surface area contributed by atoms with Gasteiger partial charge in [0.25, 0.3) is 0 Å². The largest absolute Gasteiger partial charge is 0.378 e. The number of nitrogens with zero attached hydrogens (tertiary/aromatic N) is 6. The van der Waals surface area contributed by atoms with Crippen LogP contribution in [0.2, 0.25) is 36.3 Å². The van der Waals surface area contributed by atoms with Crippen LogP contribution in [0.5, 0.6) is 0 Å². The molecule has 71 heavy (non-hydrogen) atoms. The Bertz CT molecular complexity index is 2820. The van der Waals surface area contributed by atoms with Crippen molar-refractivity contribution in [3.8, 4) is 33.4 Å².